The normalized spacial score (nSPS) is 19.3. The maximum Gasteiger partial charge on any atom is 0.188 e. The van der Waals surface area contributed by atoms with E-state index in [9.17, 15) is 0 Å². The molecule has 4 nitrogen and oxygen atoms in total. The van der Waals surface area contributed by atoms with Crippen LogP contribution in [0.25, 0.3) is 0 Å². The molecule has 3 N–H and O–H groups in total. The van der Waals surface area contributed by atoms with E-state index in [4.69, 9.17) is 22.1 Å². The van der Waals surface area contributed by atoms with Gasteiger partial charge in [-0.15, -0.1) is 0 Å². The Morgan fingerprint density at radius 2 is 2.40 bits per heavy atom. The molecule has 1 aromatic rings. The maximum atomic E-state index is 5.98. The van der Waals surface area contributed by atoms with Gasteiger partial charge >= 0.3 is 0 Å². The fourth-order valence-electron chi connectivity index (χ4n) is 2.10. The molecule has 0 bridgehead atoms. The van der Waals surface area contributed by atoms with E-state index in [2.05, 4.69) is 26.2 Å². The van der Waals surface area contributed by atoms with E-state index in [-0.39, 0.29) is 6.10 Å². The summed E-state index contributed by atoms with van der Waals surface area (Å²) in [7, 11) is 0. The first-order valence-electron chi connectivity index (χ1n) is 6.74. The SMILES string of the molecule is NC(=NCC1CCCO1)NCCc1cc(Cl)ccc1Br. The summed E-state index contributed by atoms with van der Waals surface area (Å²) in [6.07, 6.45) is 3.26. The number of ether oxygens (including phenoxy) is 1. The standard InChI is InChI=1S/C14H19BrClN3O/c15-13-4-3-11(16)8-10(13)5-6-18-14(17)19-9-12-2-1-7-20-12/h3-4,8,12H,1-2,5-7,9H2,(H3,17,18,19). The van der Waals surface area contributed by atoms with Gasteiger partial charge in [0.15, 0.2) is 5.96 Å². The van der Waals surface area contributed by atoms with E-state index in [1.54, 1.807) is 0 Å². The van der Waals surface area contributed by atoms with Gasteiger partial charge in [0.2, 0.25) is 0 Å². The highest BCUT2D eigenvalue weighted by atomic mass is 79.9. The number of benzene rings is 1. The zero-order valence-corrected chi connectivity index (χ0v) is 13.6. The van der Waals surface area contributed by atoms with Crippen molar-refractivity contribution in [3.63, 3.8) is 0 Å². The van der Waals surface area contributed by atoms with Gasteiger partial charge in [-0.25, -0.2) is 0 Å². The van der Waals surface area contributed by atoms with Crippen molar-refractivity contribution in [2.24, 2.45) is 10.7 Å². The fraction of sp³-hybridized carbons (Fsp3) is 0.500. The van der Waals surface area contributed by atoms with Crippen molar-refractivity contribution >= 4 is 33.5 Å². The number of aliphatic imine (C=N–C) groups is 1. The van der Waals surface area contributed by atoms with Gasteiger partial charge in [-0.3, -0.25) is 4.99 Å². The third kappa shape index (κ3) is 4.96. The second-order valence-electron chi connectivity index (χ2n) is 4.77. The number of nitrogens with zero attached hydrogens (tertiary/aromatic N) is 1. The topological polar surface area (TPSA) is 59.6 Å². The second kappa shape index (κ2) is 7.86. The largest absolute Gasteiger partial charge is 0.376 e. The molecule has 1 unspecified atom stereocenters. The predicted octanol–water partition coefficient (Wildman–Crippen LogP) is 2.73. The van der Waals surface area contributed by atoms with E-state index in [1.807, 2.05) is 18.2 Å². The lowest BCUT2D eigenvalue weighted by atomic mass is 10.1. The molecule has 1 aliphatic rings. The molecule has 6 heteroatoms. The Hall–Kier alpha value is -0.780. The van der Waals surface area contributed by atoms with Crippen LogP contribution in [0.5, 0.6) is 0 Å². The number of hydrogen-bond acceptors (Lipinski definition) is 2. The third-order valence-corrected chi connectivity index (χ3v) is 4.21. The number of nitrogens with two attached hydrogens (primary N) is 1. The Morgan fingerprint density at radius 1 is 1.55 bits per heavy atom. The third-order valence-electron chi connectivity index (χ3n) is 3.20. The smallest absolute Gasteiger partial charge is 0.188 e. The van der Waals surface area contributed by atoms with Gasteiger partial charge < -0.3 is 15.8 Å². The number of guanidine groups is 1. The van der Waals surface area contributed by atoms with Gasteiger partial charge in [-0.1, -0.05) is 27.5 Å². The Morgan fingerprint density at radius 3 is 3.15 bits per heavy atom. The van der Waals surface area contributed by atoms with Crippen LogP contribution < -0.4 is 11.1 Å². The van der Waals surface area contributed by atoms with Crippen LogP contribution in [0.1, 0.15) is 18.4 Å². The lowest BCUT2D eigenvalue weighted by molar-refractivity contribution is 0.118. The van der Waals surface area contributed by atoms with Crippen molar-refractivity contribution < 1.29 is 4.74 Å². The molecule has 20 heavy (non-hydrogen) atoms. The molecule has 1 heterocycles. The molecule has 1 aromatic carbocycles. The van der Waals surface area contributed by atoms with Gasteiger partial charge in [0.05, 0.1) is 12.6 Å². The van der Waals surface area contributed by atoms with E-state index in [0.29, 0.717) is 12.5 Å². The van der Waals surface area contributed by atoms with Crippen molar-refractivity contribution in [3.05, 3.63) is 33.3 Å². The highest BCUT2D eigenvalue weighted by Crippen LogP contribution is 2.21. The summed E-state index contributed by atoms with van der Waals surface area (Å²) in [5.74, 6) is 0.471. The number of rotatable bonds is 5. The molecule has 1 fully saturated rings. The minimum Gasteiger partial charge on any atom is -0.376 e. The summed E-state index contributed by atoms with van der Waals surface area (Å²) in [5, 5.41) is 3.85. The average Bonchev–Trinajstić information content (AvgIpc) is 2.93. The van der Waals surface area contributed by atoms with E-state index < -0.39 is 0 Å². The number of nitrogens with one attached hydrogen (secondary N) is 1. The first kappa shape index (κ1) is 15.6. The van der Waals surface area contributed by atoms with Crippen LogP contribution in [0.2, 0.25) is 5.02 Å². The van der Waals surface area contributed by atoms with Gasteiger partial charge in [0.25, 0.3) is 0 Å². The van der Waals surface area contributed by atoms with Crippen LogP contribution >= 0.6 is 27.5 Å². The van der Waals surface area contributed by atoms with Crippen LogP contribution in [0.15, 0.2) is 27.7 Å². The zero-order valence-electron chi connectivity index (χ0n) is 11.2. The molecule has 0 aliphatic carbocycles. The summed E-state index contributed by atoms with van der Waals surface area (Å²) < 4.78 is 6.55. The Bertz CT molecular complexity index is 475. The number of hydrogen-bond donors (Lipinski definition) is 2. The summed E-state index contributed by atoms with van der Waals surface area (Å²) in [6.45, 7) is 2.20. The average molecular weight is 361 g/mol. The molecule has 0 amide bonds. The summed E-state index contributed by atoms with van der Waals surface area (Å²) in [5.41, 5.74) is 6.98. The molecule has 1 atom stereocenters. The van der Waals surface area contributed by atoms with Gasteiger partial charge in [-0.05, 0) is 43.0 Å². The van der Waals surface area contributed by atoms with E-state index >= 15 is 0 Å². The highest BCUT2D eigenvalue weighted by molar-refractivity contribution is 9.10. The van der Waals surface area contributed by atoms with E-state index in [1.165, 1.54) is 0 Å². The molecule has 0 saturated carbocycles. The van der Waals surface area contributed by atoms with Crippen molar-refractivity contribution in [2.75, 3.05) is 19.7 Å². The van der Waals surface area contributed by atoms with Crippen molar-refractivity contribution in [1.82, 2.24) is 5.32 Å². The molecule has 110 valence electrons. The van der Waals surface area contributed by atoms with E-state index in [0.717, 1.165) is 47.5 Å². The van der Waals surface area contributed by atoms with Crippen molar-refractivity contribution in [3.8, 4) is 0 Å². The summed E-state index contributed by atoms with van der Waals surface area (Å²) >= 11 is 9.49. The van der Waals surface area contributed by atoms with Gasteiger partial charge in [-0.2, -0.15) is 0 Å². The highest BCUT2D eigenvalue weighted by Gasteiger charge is 2.14. The van der Waals surface area contributed by atoms with Crippen molar-refractivity contribution in [2.45, 2.75) is 25.4 Å². The minimum absolute atomic E-state index is 0.234. The Labute approximate surface area is 132 Å². The van der Waals surface area contributed by atoms with Crippen LogP contribution in [0.4, 0.5) is 0 Å². The molecule has 0 aromatic heterocycles. The Kier molecular flexibility index (Phi) is 6.13. The van der Waals surface area contributed by atoms with Crippen molar-refractivity contribution in [1.29, 1.82) is 0 Å². The van der Waals surface area contributed by atoms with Crippen LogP contribution in [0.3, 0.4) is 0 Å². The fourth-order valence-corrected chi connectivity index (χ4v) is 2.74. The quantitative estimate of drug-likeness (QED) is 0.627. The first-order valence-corrected chi connectivity index (χ1v) is 7.91. The van der Waals surface area contributed by atoms with Crippen LogP contribution in [0, 0.1) is 0 Å². The second-order valence-corrected chi connectivity index (χ2v) is 6.06. The first-order chi connectivity index (χ1) is 9.65. The molecule has 2 rings (SSSR count). The van der Waals surface area contributed by atoms with Crippen LogP contribution in [-0.4, -0.2) is 31.8 Å². The van der Waals surface area contributed by atoms with Crippen LogP contribution in [-0.2, 0) is 11.2 Å². The lowest BCUT2D eigenvalue weighted by Gasteiger charge is -2.09. The molecular weight excluding hydrogens is 342 g/mol. The molecule has 0 radical (unpaired) electrons. The molecular formula is C14H19BrClN3O. The van der Waals surface area contributed by atoms with Gasteiger partial charge in [0, 0.05) is 22.6 Å². The maximum absolute atomic E-state index is 5.98. The monoisotopic (exact) mass is 359 g/mol. The summed E-state index contributed by atoms with van der Waals surface area (Å²) in [6, 6.07) is 5.76. The summed E-state index contributed by atoms with van der Waals surface area (Å²) in [4.78, 5) is 4.30. The minimum atomic E-state index is 0.234. The predicted molar refractivity (Wildman–Crippen MR) is 86.3 cm³/mol. The van der Waals surface area contributed by atoms with Gasteiger partial charge in [0.1, 0.15) is 0 Å². The molecule has 1 aliphatic heterocycles. The lowest BCUT2D eigenvalue weighted by Crippen LogP contribution is -2.34. The number of halogens is 2. The molecule has 1 saturated heterocycles. The molecule has 0 spiro atoms. The zero-order chi connectivity index (χ0) is 14.4. The Balaban J connectivity index is 1.74.